The first-order valence-corrected chi connectivity index (χ1v) is 7.20. The molecule has 0 amide bonds. The van der Waals surface area contributed by atoms with Gasteiger partial charge in [0.1, 0.15) is 0 Å². The summed E-state index contributed by atoms with van der Waals surface area (Å²) in [5, 5.41) is 7.99. The van der Waals surface area contributed by atoms with E-state index in [4.69, 9.17) is 0 Å². The van der Waals surface area contributed by atoms with Crippen LogP contribution in [0, 0.1) is 6.92 Å². The van der Waals surface area contributed by atoms with Gasteiger partial charge in [0.15, 0.2) is 0 Å². The second-order valence-corrected chi connectivity index (χ2v) is 5.94. The van der Waals surface area contributed by atoms with Crippen molar-refractivity contribution >= 4 is 0 Å². The summed E-state index contributed by atoms with van der Waals surface area (Å²) in [4.78, 5) is 2.69. The lowest BCUT2D eigenvalue weighted by atomic mass is 10.2. The SMILES string of the molecule is Cc1cnn(CCNC2CC(C)N(C3CC3)C2)c1. The molecule has 1 aromatic heterocycles. The van der Waals surface area contributed by atoms with Crippen LogP contribution in [0.25, 0.3) is 0 Å². The number of aromatic nitrogens is 2. The van der Waals surface area contributed by atoms with E-state index in [1.54, 1.807) is 0 Å². The minimum absolute atomic E-state index is 0.678. The molecule has 2 aliphatic rings. The molecule has 2 atom stereocenters. The summed E-state index contributed by atoms with van der Waals surface area (Å²) in [7, 11) is 0. The van der Waals surface area contributed by atoms with E-state index in [1.165, 1.54) is 31.4 Å². The summed E-state index contributed by atoms with van der Waals surface area (Å²) in [5.74, 6) is 0. The number of rotatable bonds is 5. The minimum atomic E-state index is 0.678. The molecular formula is C14H24N4. The van der Waals surface area contributed by atoms with Gasteiger partial charge in [-0.05, 0) is 38.7 Å². The maximum atomic E-state index is 4.31. The van der Waals surface area contributed by atoms with E-state index < -0.39 is 0 Å². The smallest absolute Gasteiger partial charge is 0.0534 e. The Morgan fingerprint density at radius 2 is 2.28 bits per heavy atom. The van der Waals surface area contributed by atoms with Crippen molar-refractivity contribution in [1.29, 1.82) is 0 Å². The Bertz CT molecular complexity index is 396. The van der Waals surface area contributed by atoms with E-state index in [0.29, 0.717) is 6.04 Å². The van der Waals surface area contributed by atoms with E-state index in [1.807, 2.05) is 10.9 Å². The third-order valence-electron chi connectivity index (χ3n) is 4.18. The molecule has 2 unspecified atom stereocenters. The summed E-state index contributed by atoms with van der Waals surface area (Å²) >= 11 is 0. The quantitative estimate of drug-likeness (QED) is 0.855. The number of aryl methyl sites for hydroxylation is 1. The Kier molecular flexibility index (Phi) is 3.39. The molecule has 0 aromatic carbocycles. The number of hydrogen-bond donors (Lipinski definition) is 1. The van der Waals surface area contributed by atoms with Crippen LogP contribution < -0.4 is 5.32 Å². The van der Waals surface area contributed by atoms with Gasteiger partial charge < -0.3 is 5.32 Å². The van der Waals surface area contributed by atoms with Crippen LogP contribution >= 0.6 is 0 Å². The molecule has 18 heavy (non-hydrogen) atoms. The monoisotopic (exact) mass is 248 g/mol. The Hall–Kier alpha value is -0.870. The van der Waals surface area contributed by atoms with Gasteiger partial charge in [-0.2, -0.15) is 5.10 Å². The molecule has 1 saturated carbocycles. The largest absolute Gasteiger partial charge is 0.311 e. The predicted molar refractivity (Wildman–Crippen MR) is 72.6 cm³/mol. The zero-order valence-electron chi connectivity index (χ0n) is 11.5. The molecule has 1 aliphatic heterocycles. The zero-order chi connectivity index (χ0) is 12.5. The fourth-order valence-electron chi connectivity index (χ4n) is 3.09. The van der Waals surface area contributed by atoms with Crippen molar-refractivity contribution in [3.8, 4) is 0 Å². The Morgan fingerprint density at radius 1 is 1.44 bits per heavy atom. The number of hydrogen-bond acceptors (Lipinski definition) is 3. The Morgan fingerprint density at radius 3 is 2.94 bits per heavy atom. The second-order valence-electron chi connectivity index (χ2n) is 5.94. The first-order valence-electron chi connectivity index (χ1n) is 7.20. The normalized spacial score (nSPS) is 29.0. The van der Waals surface area contributed by atoms with Gasteiger partial charge in [-0.15, -0.1) is 0 Å². The average Bonchev–Trinajstić information content (AvgIpc) is 3.00. The molecule has 3 rings (SSSR count). The summed E-state index contributed by atoms with van der Waals surface area (Å²) in [6.07, 6.45) is 8.17. The van der Waals surface area contributed by atoms with Crippen LogP contribution in [-0.2, 0) is 6.54 Å². The van der Waals surface area contributed by atoms with Gasteiger partial charge in [-0.1, -0.05) is 0 Å². The highest BCUT2D eigenvalue weighted by molar-refractivity contribution is 4.99. The summed E-state index contributed by atoms with van der Waals surface area (Å²) in [6, 6.07) is 2.35. The van der Waals surface area contributed by atoms with Crippen molar-refractivity contribution in [2.75, 3.05) is 13.1 Å². The molecule has 0 radical (unpaired) electrons. The summed E-state index contributed by atoms with van der Waals surface area (Å²) in [6.45, 7) is 7.70. The van der Waals surface area contributed by atoms with Crippen LogP contribution in [-0.4, -0.2) is 45.9 Å². The van der Waals surface area contributed by atoms with E-state index in [2.05, 4.69) is 35.4 Å². The van der Waals surface area contributed by atoms with Crippen LogP contribution in [0.2, 0.25) is 0 Å². The van der Waals surface area contributed by atoms with Crippen molar-refractivity contribution in [1.82, 2.24) is 20.0 Å². The molecule has 0 spiro atoms. The number of nitrogens with zero attached hydrogens (tertiary/aromatic N) is 3. The van der Waals surface area contributed by atoms with Gasteiger partial charge in [0, 0.05) is 37.4 Å². The van der Waals surface area contributed by atoms with Crippen LogP contribution in [0.1, 0.15) is 31.7 Å². The van der Waals surface area contributed by atoms with Crippen molar-refractivity contribution in [2.45, 2.75) is 57.8 Å². The fraction of sp³-hybridized carbons (Fsp3) is 0.786. The van der Waals surface area contributed by atoms with Crippen LogP contribution in [0.5, 0.6) is 0 Å². The number of nitrogens with one attached hydrogen (secondary N) is 1. The highest BCUT2D eigenvalue weighted by Crippen LogP contribution is 2.33. The minimum Gasteiger partial charge on any atom is -0.311 e. The molecule has 100 valence electrons. The van der Waals surface area contributed by atoms with Crippen LogP contribution in [0.4, 0.5) is 0 Å². The van der Waals surface area contributed by atoms with E-state index in [9.17, 15) is 0 Å². The molecular weight excluding hydrogens is 224 g/mol. The second kappa shape index (κ2) is 5.02. The highest BCUT2D eigenvalue weighted by atomic mass is 15.3. The fourth-order valence-corrected chi connectivity index (χ4v) is 3.09. The van der Waals surface area contributed by atoms with Gasteiger partial charge in [-0.3, -0.25) is 9.58 Å². The lowest BCUT2D eigenvalue weighted by Crippen LogP contribution is -2.35. The van der Waals surface area contributed by atoms with E-state index >= 15 is 0 Å². The summed E-state index contributed by atoms with van der Waals surface area (Å²) < 4.78 is 2.03. The standard InChI is InChI=1S/C14H24N4/c1-11-8-16-17(9-11)6-5-15-13-7-12(2)18(10-13)14-3-4-14/h8-9,12-15H,3-7,10H2,1-2H3. The molecule has 0 bridgehead atoms. The molecule has 1 N–H and O–H groups in total. The molecule has 1 saturated heterocycles. The molecule has 4 heteroatoms. The maximum Gasteiger partial charge on any atom is 0.0534 e. The van der Waals surface area contributed by atoms with Gasteiger partial charge in [0.25, 0.3) is 0 Å². The first kappa shape index (κ1) is 12.2. The Balaban J connectivity index is 1.41. The number of likely N-dealkylation sites (tertiary alicyclic amines) is 1. The van der Waals surface area contributed by atoms with Crippen molar-refractivity contribution in [3.63, 3.8) is 0 Å². The van der Waals surface area contributed by atoms with E-state index in [0.717, 1.165) is 25.2 Å². The average molecular weight is 248 g/mol. The summed E-state index contributed by atoms with van der Waals surface area (Å²) in [5.41, 5.74) is 1.24. The van der Waals surface area contributed by atoms with Crippen molar-refractivity contribution < 1.29 is 0 Å². The predicted octanol–water partition coefficient (Wildman–Crippen LogP) is 1.41. The molecule has 2 heterocycles. The molecule has 1 aliphatic carbocycles. The van der Waals surface area contributed by atoms with Crippen LogP contribution in [0.15, 0.2) is 12.4 Å². The van der Waals surface area contributed by atoms with Gasteiger partial charge in [0.2, 0.25) is 0 Å². The Labute approximate surface area is 109 Å². The topological polar surface area (TPSA) is 33.1 Å². The lowest BCUT2D eigenvalue weighted by molar-refractivity contribution is 0.255. The molecule has 1 aromatic rings. The zero-order valence-corrected chi connectivity index (χ0v) is 11.5. The first-order chi connectivity index (χ1) is 8.72. The highest BCUT2D eigenvalue weighted by Gasteiger charge is 2.38. The maximum absolute atomic E-state index is 4.31. The van der Waals surface area contributed by atoms with Crippen molar-refractivity contribution in [3.05, 3.63) is 18.0 Å². The third-order valence-corrected chi connectivity index (χ3v) is 4.18. The third kappa shape index (κ3) is 2.75. The van der Waals surface area contributed by atoms with Gasteiger partial charge >= 0.3 is 0 Å². The van der Waals surface area contributed by atoms with Gasteiger partial charge in [-0.25, -0.2) is 0 Å². The van der Waals surface area contributed by atoms with Crippen molar-refractivity contribution in [2.24, 2.45) is 0 Å². The van der Waals surface area contributed by atoms with Gasteiger partial charge in [0.05, 0.1) is 12.7 Å². The lowest BCUT2D eigenvalue weighted by Gasteiger charge is -2.19. The van der Waals surface area contributed by atoms with E-state index in [-0.39, 0.29) is 0 Å². The molecule has 4 nitrogen and oxygen atoms in total. The molecule has 2 fully saturated rings. The van der Waals surface area contributed by atoms with Crippen LogP contribution in [0.3, 0.4) is 0 Å².